The number of nitrogens with zero attached hydrogens (tertiary/aromatic N) is 1. The molecule has 3 aliphatic rings. The quantitative estimate of drug-likeness (QED) is 0.644. The molecule has 0 bridgehead atoms. The zero-order valence-electron chi connectivity index (χ0n) is 20.0. The van der Waals surface area contributed by atoms with Crippen LogP contribution in [0.25, 0.3) is 11.1 Å². The molecule has 0 radical (unpaired) electrons. The van der Waals surface area contributed by atoms with Gasteiger partial charge in [0.1, 0.15) is 12.6 Å². The van der Waals surface area contributed by atoms with Crippen molar-refractivity contribution < 1.29 is 24.2 Å². The van der Waals surface area contributed by atoms with E-state index in [4.69, 9.17) is 4.74 Å². The summed E-state index contributed by atoms with van der Waals surface area (Å²) < 4.78 is 5.67. The molecule has 0 aromatic heterocycles. The third kappa shape index (κ3) is 4.28. The van der Waals surface area contributed by atoms with Crippen molar-refractivity contribution in [3.05, 3.63) is 59.7 Å². The van der Waals surface area contributed by atoms with Gasteiger partial charge in [-0.2, -0.15) is 0 Å². The molecule has 2 aromatic rings. The SMILES string of the molecule is CC1CCC(CNC(=O)OCC2c3ccccc3-c3ccccc32)(C(=O)N2CCC2C(=O)O)CC1. The third-order valence-corrected chi connectivity index (χ3v) is 8.17. The molecule has 1 atom stereocenters. The van der Waals surface area contributed by atoms with E-state index in [1.165, 1.54) is 16.0 Å². The predicted molar refractivity (Wildman–Crippen MR) is 131 cm³/mol. The van der Waals surface area contributed by atoms with Crippen molar-refractivity contribution >= 4 is 18.0 Å². The first kappa shape index (κ1) is 23.4. The Morgan fingerprint density at radius 1 is 1.00 bits per heavy atom. The highest BCUT2D eigenvalue weighted by atomic mass is 16.5. The lowest BCUT2D eigenvalue weighted by atomic mass is 9.69. The number of rotatable bonds is 6. The van der Waals surface area contributed by atoms with Gasteiger partial charge in [0, 0.05) is 19.0 Å². The van der Waals surface area contributed by atoms with Crippen LogP contribution in [0.1, 0.15) is 56.1 Å². The molecule has 184 valence electrons. The van der Waals surface area contributed by atoms with E-state index in [1.807, 2.05) is 24.3 Å². The Labute approximate surface area is 205 Å². The molecule has 2 aliphatic carbocycles. The average molecular weight is 477 g/mol. The van der Waals surface area contributed by atoms with Gasteiger partial charge in [-0.05, 0) is 60.3 Å². The first-order chi connectivity index (χ1) is 16.9. The average Bonchev–Trinajstić information content (AvgIpc) is 3.15. The lowest BCUT2D eigenvalue weighted by Crippen LogP contribution is -2.61. The van der Waals surface area contributed by atoms with Gasteiger partial charge in [-0.15, -0.1) is 0 Å². The predicted octanol–water partition coefficient (Wildman–Crippen LogP) is 4.41. The van der Waals surface area contributed by atoms with Gasteiger partial charge < -0.3 is 20.1 Å². The topological polar surface area (TPSA) is 95.9 Å². The number of amides is 2. The second kappa shape index (κ2) is 9.36. The van der Waals surface area contributed by atoms with E-state index in [0.717, 1.165) is 24.0 Å². The Morgan fingerprint density at radius 2 is 1.60 bits per heavy atom. The van der Waals surface area contributed by atoms with Crippen molar-refractivity contribution in [2.45, 2.75) is 51.0 Å². The monoisotopic (exact) mass is 476 g/mol. The van der Waals surface area contributed by atoms with Crippen LogP contribution in [0.5, 0.6) is 0 Å². The van der Waals surface area contributed by atoms with Crippen molar-refractivity contribution in [2.24, 2.45) is 11.3 Å². The van der Waals surface area contributed by atoms with Gasteiger partial charge in [0.05, 0.1) is 5.41 Å². The minimum atomic E-state index is -0.964. The number of hydrogen-bond acceptors (Lipinski definition) is 4. The zero-order valence-corrected chi connectivity index (χ0v) is 20.0. The van der Waals surface area contributed by atoms with Gasteiger partial charge in [0.25, 0.3) is 0 Å². The lowest BCUT2D eigenvalue weighted by Gasteiger charge is -2.46. The summed E-state index contributed by atoms with van der Waals surface area (Å²) in [5.74, 6) is -0.635. The maximum atomic E-state index is 13.4. The second-order valence-electron chi connectivity index (χ2n) is 10.3. The van der Waals surface area contributed by atoms with Gasteiger partial charge in [0.2, 0.25) is 5.91 Å². The van der Waals surface area contributed by atoms with E-state index in [-0.39, 0.29) is 25.0 Å². The number of aliphatic carboxylic acids is 1. The van der Waals surface area contributed by atoms with E-state index >= 15 is 0 Å². The first-order valence-electron chi connectivity index (χ1n) is 12.5. The van der Waals surface area contributed by atoms with Crippen LogP contribution < -0.4 is 5.32 Å². The van der Waals surface area contributed by atoms with Crippen molar-refractivity contribution in [3.63, 3.8) is 0 Å². The highest BCUT2D eigenvalue weighted by Gasteiger charge is 2.49. The number of carbonyl (C=O) groups excluding carboxylic acids is 2. The molecule has 5 rings (SSSR count). The number of hydrogen-bond donors (Lipinski definition) is 2. The van der Waals surface area contributed by atoms with Crippen LogP contribution in [0.2, 0.25) is 0 Å². The second-order valence-corrected chi connectivity index (χ2v) is 10.3. The van der Waals surface area contributed by atoms with Crippen molar-refractivity contribution in [1.82, 2.24) is 10.2 Å². The molecule has 0 spiro atoms. The molecule has 7 heteroatoms. The van der Waals surface area contributed by atoms with E-state index in [1.54, 1.807) is 0 Å². The van der Waals surface area contributed by atoms with Crippen molar-refractivity contribution in [2.75, 3.05) is 19.7 Å². The number of carboxylic acid groups (broad SMARTS) is 1. The highest BCUT2D eigenvalue weighted by molar-refractivity contribution is 5.89. The van der Waals surface area contributed by atoms with Crippen LogP contribution in [0, 0.1) is 11.3 Å². The number of carboxylic acids is 1. The van der Waals surface area contributed by atoms with E-state index < -0.39 is 23.5 Å². The molecule has 2 aromatic carbocycles. The summed E-state index contributed by atoms with van der Waals surface area (Å²) in [6.45, 7) is 3.00. The minimum absolute atomic E-state index is 0.0308. The lowest BCUT2D eigenvalue weighted by molar-refractivity contribution is -0.164. The molecule has 35 heavy (non-hydrogen) atoms. The Bertz CT molecular complexity index is 1090. The standard InChI is InChI=1S/C28H32N2O5/c1-18-10-13-28(14-11-18,26(33)30-15-12-24(30)25(31)32)17-29-27(34)35-16-23-21-8-4-2-6-19(21)20-7-3-5-9-22(20)23/h2-9,18,23-24H,10-17H2,1H3,(H,29,34)(H,31,32). The third-order valence-electron chi connectivity index (χ3n) is 8.17. The summed E-state index contributed by atoms with van der Waals surface area (Å²) in [6, 6.07) is 15.6. The molecule has 1 saturated carbocycles. The molecular formula is C28H32N2O5. The van der Waals surface area contributed by atoms with Crippen LogP contribution in [-0.2, 0) is 14.3 Å². The van der Waals surface area contributed by atoms with Gasteiger partial charge >= 0.3 is 12.1 Å². The molecule has 1 unspecified atom stereocenters. The van der Waals surface area contributed by atoms with E-state index in [2.05, 4.69) is 36.5 Å². The molecule has 1 aliphatic heterocycles. The zero-order chi connectivity index (χ0) is 24.6. The van der Waals surface area contributed by atoms with Crippen LogP contribution in [0.3, 0.4) is 0 Å². The normalized spacial score (nSPS) is 25.2. The molecule has 7 nitrogen and oxygen atoms in total. The molecule has 1 saturated heterocycles. The highest BCUT2D eigenvalue weighted by Crippen LogP contribution is 2.45. The summed E-state index contributed by atoms with van der Waals surface area (Å²) in [5, 5.41) is 12.3. The number of likely N-dealkylation sites (tertiary alicyclic amines) is 1. The maximum absolute atomic E-state index is 13.4. The number of fused-ring (bicyclic) bond motifs is 3. The maximum Gasteiger partial charge on any atom is 0.407 e. The fourth-order valence-electron chi connectivity index (χ4n) is 5.86. The summed E-state index contributed by atoms with van der Waals surface area (Å²) >= 11 is 0. The fraction of sp³-hybridized carbons (Fsp3) is 0.464. The summed E-state index contributed by atoms with van der Waals surface area (Å²) in [5.41, 5.74) is 3.85. The van der Waals surface area contributed by atoms with Crippen LogP contribution in [-0.4, -0.2) is 53.7 Å². The fourth-order valence-corrected chi connectivity index (χ4v) is 5.86. The molecule has 2 fully saturated rings. The number of alkyl carbamates (subject to hydrolysis) is 1. The summed E-state index contributed by atoms with van der Waals surface area (Å²) in [4.78, 5) is 39.2. The molecular weight excluding hydrogens is 444 g/mol. The van der Waals surface area contributed by atoms with Crippen LogP contribution in [0.4, 0.5) is 4.79 Å². The summed E-state index contributed by atoms with van der Waals surface area (Å²) in [7, 11) is 0. The van der Waals surface area contributed by atoms with Gasteiger partial charge in [0.15, 0.2) is 0 Å². The Hall–Kier alpha value is -3.35. The van der Waals surface area contributed by atoms with Crippen LogP contribution in [0.15, 0.2) is 48.5 Å². The van der Waals surface area contributed by atoms with Gasteiger partial charge in [-0.1, -0.05) is 55.5 Å². The van der Waals surface area contributed by atoms with Crippen molar-refractivity contribution in [1.29, 1.82) is 0 Å². The molecule has 1 heterocycles. The van der Waals surface area contributed by atoms with Gasteiger partial charge in [-0.3, -0.25) is 4.79 Å². The number of nitrogens with one attached hydrogen (secondary N) is 1. The summed E-state index contributed by atoms with van der Waals surface area (Å²) in [6.07, 6.45) is 2.97. The van der Waals surface area contributed by atoms with E-state index in [9.17, 15) is 19.5 Å². The Morgan fingerprint density at radius 3 is 2.14 bits per heavy atom. The number of benzene rings is 2. The van der Waals surface area contributed by atoms with Gasteiger partial charge in [-0.25, -0.2) is 9.59 Å². The first-order valence-corrected chi connectivity index (χ1v) is 12.5. The van der Waals surface area contributed by atoms with Crippen LogP contribution >= 0.6 is 0 Å². The molecule has 2 N–H and O–H groups in total. The smallest absolute Gasteiger partial charge is 0.407 e. The largest absolute Gasteiger partial charge is 0.480 e. The van der Waals surface area contributed by atoms with Crippen molar-refractivity contribution in [3.8, 4) is 11.1 Å². The Balaban J connectivity index is 1.25. The van der Waals surface area contributed by atoms with E-state index in [0.29, 0.717) is 31.7 Å². The number of ether oxygens (including phenoxy) is 1. The Kier molecular flexibility index (Phi) is 6.26. The minimum Gasteiger partial charge on any atom is -0.480 e. The molecule has 2 amide bonds. The number of carbonyl (C=O) groups is 3.